The fourth-order valence-corrected chi connectivity index (χ4v) is 2.29. The minimum absolute atomic E-state index is 0.515. The van der Waals surface area contributed by atoms with Crippen molar-refractivity contribution in [1.29, 1.82) is 0 Å². The molecule has 0 spiro atoms. The van der Waals surface area contributed by atoms with Crippen molar-refractivity contribution in [1.82, 2.24) is 30.4 Å². The largest absolute Gasteiger partial charge is 0.363 e. The molecule has 142 valence electrons. The van der Waals surface area contributed by atoms with Crippen molar-refractivity contribution in [3.8, 4) is 0 Å². The zero-order valence-electron chi connectivity index (χ0n) is 16.5. The van der Waals surface area contributed by atoms with Gasteiger partial charge in [0.1, 0.15) is 11.6 Å². The molecular formula is C18H30N8. The van der Waals surface area contributed by atoms with Crippen LogP contribution in [-0.4, -0.2) is 46.3 Å². The molecule has 2 heterocycles. The minimum atomic E-state index is 0.515. The molecule has 2 aromatic heterocycles. The fraction of sp³-hybridized carbons (Fsp3) is 0.556. The molecule has 8 nitrogen and oxygen atoms in total. The lowest BCUT2D eigenvalue weighted by molar-refractivity contribution is 0.695. The quantitative estimate of drug-likeness (QED) is 0.424. The fourth-order valence-electron chi connectivity index (χ4n) is 2.29. The number of hydrogen-bond acceptors (Lipinski definition) is 5. The molecule has 0 bridgehead atoms. The Morgan fingerprint density at radius 1 is 1.23 bits per heavy atom. The van der Waals surface area contributed by atoms with Gasteiger partial charge in [0.15, 0.2) is 11.8 Å². The Kier molecular flexibility index (Phi) is 7.37. The molecule has 0 aliphatic heterocycles. The summed E-state index contributed by atoms with van der Waals surface area (Å²) in [5.74, 6) is 3.46. The highest BCUT2D eigenvalue weighted by atomic mass is 15.3. The van der Waals surface area contributed by atoms with Crippen molar-refractivity contribution in [2.45, 2.75) is 39.8 Å². The molecule has 2 aromatic rings. The summed E-state index contributed by atoms with van der Waals surface area (Å²) in [5, 5.41) is 15.0. The Bertz CT molecular complexity index is 720. The number of rotatable bonds is 8. The van der Waals surface area contributed by atoms with E-state index in [-0.39, 0.29) is 0 Å². The molecule has 0 amide bonds. The van der Waals surface area contributed by atoms with Crippen molar-refractivity contribution in [2.24, 2.45) is 12.0 Å². The average Bonchev–Trinajstić information content (AvgIpc) is 2.96. The Balaban J connectivity index is 2.03. The van der Waals surface area contributed by atoms with Crippen LogP contribution in [0, 0.1) is 6.92 Å². The van der Waals surface area contributed by atoms with Crippen LogP contribution in [0.15, 0.2) is 23.2 Å². The Morgan fingerprint density at radius 3 is 2.69 bits per heavy atom. The number of aryl methyl sites for hydroxylation is 1. The molecule has 26 heavy (non-hydrogen) atoms. The maximum absolute atomic E-state index is 4.67. The van der Waals surface area contributed by atoms with Gasteiger partial charge in [-0.15, -0.1) is 10.2 Å². The van der Waals surface area contributed by atoms with Crippen molar-refractivity contribution in [3.63, 3.8) is 0 Å². The van der Waals surface area contributed by atoms with E-state index in [9.17, 15) is 0 Å². The molecule has 0 aliphatic rings. The Hall–Kier alpha value is -2.64. The van der Waals surface area contributed by atoms with E-state index in [0.717, 1.165) is 48.5 Å². The predicted octanol–water partition coefficient (Wildman–Crippen LogP) is 1.62. The summed E-state index contributed by atoms with van der Waals surface area (Å²) < 4.78 is 1.97. The maximum atomic E-state index is 4.67. The van der Waals surface area contributed by atoms with Crippen LogP contribution in [0.25, 0.3) is 0 Å². The van der Waals surface area contributed by atoms with Crippen molar-refractivity contribution in [2.75, 3.05) is 25.5 Å². The summed E-state index contributed by atoms with van der Waals surface area (Å²) in [6, 6.07) is 5.99. The van der Waals surface area contributed by atoms with E-state index in [1.165, 1.54) is 0 Å². The van der Waals surface area contributed by atoms with Crippen LogP contribution < -0.4 is 15.5 Å². The molecule has 0 atom stereocenters. The number of pyridine rings is 1. The van der Waals surface area contributed by atoms with E-state index in [4.69, 9.17) is 0 Å². The second kappa shape index (κ2) is 9.74. The molecule has 0 radical (unpaired) electrons. The average molecular weight is 358 g/mol. The number of nitrogens with zero attached hydrogens (tertiary/aromatic N) is 6. The van der Waals surface area contributed by atoms with Crippen LogP contribution >= 0.6 is 0 Å². The van der Waals surface area contributed by atoms with Crippen LogP contribution in [0.3, 0.4) is 0 Å². The van der Waals surface area contributed by atoms with Crippen LogP contribution in [0.1, 0.15) is 37.1 Å². The zero-order chi connectivity index (χ0) is 18.9. The van der Waals surface area contributed by atoms with Crippen molar-refractivity contribution >= 4 is 11.8 Å². The van der Waals surface area contributed by atoms with E-state index in [0.29, 0.717) is 13.1 Å². The summed E-state index contributed by atoms with van der Waals surface area (Å²) in [6.07, 6.45) is 2.23. The van der Waals surface area contributed by atoms with Gasteiger partial charge in [-0.2, -0.15) is 0 Å². The van der Waals surface area contributed by atoms with Gasteiger partial charge in [0.25, 0.3) is 0 Å². The first-order valence-corrected chi connectivity index (χ1v) is 9.01. The molecule has 0 saturated heterocycles. The third-order valence-corrected chi connectivity index (χ3v) is 4.07. The predicted molar refractivity (Wildman–Crippen MR) is 105 cm³/mol. The Labute approximate surface area is 155 Å². The Morgan fingerprint density at radius 2 is 2.04 bits per heavy atom. The van der Waals surface area contributed by atoms with Crippen LogP contribution in [0.2, 0.25) is 0 Å². The van der Waals surface area contributed by atoms with Gasteiger partial charge in [0.05, 0.1) is 18.8 Å². The summed E-state index contributed by atoms with van der Waals surface area (Å²) in [7, 11) is 5.93. The number of aromatic nitrogens is 4. The van der Waals surface area contributed by atoms with Crippen molar-refractivity contribution < 1.29 is 0 Å². The van der Waals surface area contributed by atoms with Gasteiger partial charge in [-0.3, -0.25) is 0 Å². The van der Waals surface area contributed by atoms with E-state index in [2.05, 4.69) is 37.7 Å². The highest BCUT2D eigenvalue weighted by Gasteiger charge is 2.06. The second-order valence-electron chi connectivity index (χ2n) is 6.40. The number of hydrogen-bond donors (Lipinski definition) is 2. The molecule has 8 heteroatoms. The van der Waals surface area contributed by atoms with Gasteiger partial charge >= 0.3 is 0 Å². The highest BCUT2D eigenvalue weighted by molar-refractivity contribution is 5.79. The number of nitrogens with one attached hydrogen (secondary N) is 2. The third kappa shape index (κ3) is 5.72. The highest BCUT2D eigenvalue weighted by Crippen LogP contribution is 2.08. The van der Waals surface area contributed by atoms with Gasteiger partial charge in [-0.25, -0.2) is 9.98 Å². The normalized spacial score (nSPS) is 11.5. The first-order valence-electron chi connectivity index (χ1n) is 9.01. The summed E-state index contributed by atoms with van der Waals surface area (Å²) in [6.45, 7) is 6.08. The molecule has 0 aliphatic carbocycles. The molecule has 2 rings (SSSR count). The van der Waals surface area contributed by atoms with E-state index < -0.39 is 0 Å². The first kappa shape index (κ1) is 19.7. The summed E-state index contributed by atoms with van der Waals surface area (Å²) >= 11 is 0. The SMILES string of the molecule is CCCCNC(=NCc1cccc(N(C)C)n1)NCc1nnc(C)n1C. The molecule has 0 saturated carbocycles. The number of guanidine groups is 1. The molecule has 2 N–H and O–H groups in total. The smallest absolute Gasteiger partial charge is 0.192 e. The van der Waals surface area contributed by atoms with Gasteiger partial charge in [-0.05, 0) is 25.5 Å². The lowest BCUT2D eigenvalue weighted by Crippen LogP contribution is -2.38. The lowest BCUT2D eigenvalue weighted by atomic mass is 10.3. The maximum Gasteiger partial charge on any atom is 0.192 e. The van der Waals surface area contributed by atoms with Crippen LogP contribution in [-0.2, 0) is 20.1 Å². The molecule has 0 unspecified atom stereocenters. The van der Waals surface area contributed by atoms with Gasteiger partial charge in [-0.1, -0.05) is 19.4 Å². The van der Waals surface area contributed by atoms with Crippen LogP contribution in [0.4, 0.5) is 5.82 Å². The number of unbranched alkanes of at least 4 members (excludes halogenated alkanes) is 1. The summed E-state index contributed by atoms with van der Waals surface area (Å²) in [4.78, 5) is 11.3. The zero-order valence-corrected chi connectivity index (χ0v) is 16.5. The monoisotopic (exact) mass is 358 g/mol. The standard InChI is InChI=1S/C18H30N8/c1-6-7-11-19-18(21-13-17-24-23-14(2)26(17)5)20-12-15-9-8-10-16(22-15)25(3)4/h8-10H,6-7,11-13H2,1-5H3,(H2,19,20,21). The summed E-state index contributed by atoms with van der Waals surface area (Å²) in [5.41, 5.74) is 0.933. The second-order valence-corrected chi connectivity index (χ2v) is 6.40. The first-order chi connectivity index (χ1) is 12.5. The topological polar surface area (TPSA) is 83.3 Å². The molecular weight excluding hydrogens is 328 g/mol. The van der Waals surface area contributed by atoms with Gasteiger partial charge in [0.2, 0.25) is 0 Å². The third-order valence-electron chi connectivity index (χ3n) is 4.07. The minimum Gasteiger partial charge on any atom is -0.363 e. The van der Waals surface area contributed by atoms with E-state index >= 15 is 0 Å². The molecule has 0 aromatic carbocycles. The number of anilines is 1. The number of aliphatic imine (C=N–C) groups is 1. The van der Waals surface area contributed by atoms with E-state index in [1.54, 1.807) is 0 Å². The van der Waals surface area contributed by atoms with Crippen LogP contribution in [0.5, 0.6) is 0 Å². The van der Waals surface area contributed by atoms with Gasteiger partial charge < -0.3 is 20.1 Å². The van der Waals surface area contributed by atoms with Gasteiger partial charge in [0, 0.05) is 27.7 Å². The molecule has 0 fully saturated rings. The lowest BCUT2D eigenvalue weighted by Gasteiger charge is -2.13. The van der Waals surface area contributed by atoms with Crippen molar-refractivity contribution in [3.05, 3.63) is 35.5 Å². The van der Waals surface area contributed by atoms with E-state index in [1.807, 2.05) is 55.7 Å².